The molecule has 1 N–H and O–H groups in total. The third-order valence-corrected chi connectivity index (χ3v) is 2.46. The molecule has 0 fully saturated rings. The van der Waals surface area contributed by atoms with E-state index >= 15 is 0 Å². The minimum atomic E-state index is 0. The van der Waals surface area contributed by atoms with Crippen molar-refractivity contribution in [1.29, 1.82) is 0 Å². The molecule has 0 saturated carbocycles. The molecule has 2 nitrogen and oxygen atoms in total. The van der Waals surface area contributed by atoms with Crippen LogP contribution in [0.15, 0.2) is 18.2 Å². The summed E-state index contributed by atoms with van der Waals surface area (Å²) in [6.07, 6.45) is 2.15. The Morgan fingerprint density at radius 1 is 1.38 bits per heavy atom. The van der Waals surface area contributed by atoms with Gasteiger partial charge in [0, 0.05) is 24.8 Å². The fourth-order valence-electron chi connectivity index (χ4n) is 1.79. The van der Waals surface area contributed by atoms with Gasteiger partial charge in [0.2, 0.25) is 0 Å². The number of rotatable bonds is 0. The number of halogens is 1. The second kappa shape index (κ2) is 3.88. The van der Waals surface area contributed by atoms with E-state index in [1.54, 1.807) is 6.07 Å². The van der Waals surface area contributed by atoms with E-state index in [1.165, 1.54) is 5.69 Å². The first-order valence-corrected chi connectivity index (χ1v) is 4.31. The largest absolute Gasteiger partial charge is 0.508 e. The fraction of sp³-hybridized carbons (Fsp3) is 0.400. The van der Waals surface area contributed by atoms with Crippen LogP contribution in [0.4, 0.5) is 5.69 Å². The van der Waals surface area contributed by atoms with E-state index in [0.717, 1.165) is 24.9 Å². The number of anilines is 1. The summed E-state index contributed by atoms with van der Waals surface area (Å²) in [6, 6.07) is 5.72. The maximum Gasteiger partial charge on any atom is 0.120 e. The quantitative estimate of drug-likeness (QED) is 0.693. The van der Waals surface area contributed by atoms with Gasteiger partial charge >= 0.3 is 0 Å². The van der Waals surface area contributed by atoms with Gasteiger partial charge in [-0.3, -0.25) is 0 Å². The first-order valence-electron chi connectivity index (χ1n) is 4.31. The molecule has 72 valence electrons. The summed E-state index contributed by atoms with van der Waals surface area (Å²) in [5.41, 5.74) is 2.28. The molecule has 0 amide bonds. The summed E-state index contributed by atoms with van der Waals surface area (Å²) in [7, 11) is 2.07. The minimum Gasteiger partial charge on any atom is -0.508 e. The van der Waals surface area contributed by atoms with Crippen LogP contribution in [0.3, 0.4) is 0 Å². The third kappa shape index (κ3) is 1.73. The van der Waals surface area contributed by atoms with Crippen molar-refractivity contribution in [3.8, 4) is 5.75 Å². The van der Waals surface area contributed by atoms with Crippen LogP contribution < -0.4 is 4.90 Å². The van der Waals surface area contributed by atoms with E-state index in [-0.39, 0.29) is 12.4 Å². The highest BCUT2D eigenvalue weighted by Crippen LogP contribution is 2.32. The molecule has 2 rings (SSSR count). The van der Waals surface area contributed by atoms with Crippen molar-refractivity contribution < 1.29 is 5.11 Å². The fourth-order valence-corrected chi connectivity index (χ4v) is 1.79. The van der Waals surface area contributed by atoms with Gasteiger partial charge < -0.3 is 10.0 Å². The molecule has 1 aliphatic heterocycles. The van der Waals surface area contributed by atoms with Crippen LogP contribution in [0.1, 0.15) is 12.0 Å². The molecule has 0 saturated heterocycles. The van der Waals surface area contributed by atoms with Crippen molar-refractivity contribution in [2.75, 3.05) is 18.5 Å². The lowest BCUT2D eigenvalue weighted by atomic mass is 10.0. The zero-order valence-corrected chi connectivity index (χ0v) is 8.47. The van der Waals surface area contributed by atoms with Gasteiger partial charge in [-0.05, 0) is 25.0 Å². The van der Waals surface area contributed by atoms with E-state index in [1.807, 2.05) is 6.07 Å². The Balaban J connectivity index is 0.000000845. The highest BCUT2D eigenvalue weighted by molar-refractivity contribution is 5.85. The Morgan fingerprint density at radius 3 is 2.85 bits per heavy atom. The van der Waals surface area contributed by atoms with Crippen LogP contribution in [0, 0.1) is 0 Å². The van der Waals surface area contributed by atoms with Crippen molar-refractivity contribution in [2.24, 2.45) is 0 Å². The number of phenols is 1. The molecule has 0 bridgehead atoms. The van der Waals surface area contributed by atoms with Gasteiger partial charge in [0.05, 0.1) is 0 Å². The zero-order valence-electron chi connectivity index (χ0n) is 7.66. The van der Waals surface area contributed by atoms with E-state index in [4.69, 9.17) is 0 Å². The maximum absolute atomic E-state index is 9.55. The molecule has 13 heavy (non-hydrogen) atoms. The van der Waals surface area contributed by atoms with Crippen LogP contribution in [-0.2, 0) is 6.42 Å². The van der Waals surface area contributed by atoms with Crippen LogP contribution in [0.25, 0.3) is 0 Å². The monoisotopic (exact) mass is 199 g/mol. The Morgan fingerprint density at radius 2 is 2.15 bits per heavy atom. The minimum absolute atomic E-state index is 0. The standard InChI is InChI=1S/C10H13NO.ClH/c1-11-7-3-4-8-9(11)5-2-6-10(8)12;/h2,5-6,12H,3-4,7H2,1H3;1H. The average Bonchev–Trinajstić information content (AvgIpc) is 2.07. The average molecular weight is 200 g/mol. The van der Waals surface area contributed by atoms with Gasteiger partial charge in [0.15, 0.2) is 0 Å². The van der Waals surface area contributed by atoms with E-state index in [9.17, 15) is 5.11 Å². The molecule has 3 heteroatoms. The molecule has 1 aliphatic rings. The Kier molecular flexibility index (Phi) is 3.04. The molecule has 0 spiro atoms. The molecule has 1 heterocycles. The van der Waals surface area contributed by atoms with Crippen molar-refractivity contribution in [2.45, 2.75) is 12.8 Å². The number of fused-ring (bicyclic) bond motifs is 1. The summed E-state index contributed by atoms with van der Waals surface area (Å²) in [4.78, 5) is 2.19. The Hall–Kier alpha value is -0.890. The van der Waals surface area contributed by atoms with Crippen molar-refractivity contribution in [3.63, 3.8) is 0 Å². The van der Waals surface area contributed by atoms with Crippen LogP contribution in [-0.4, -0.2) is 18.7 Å². The molecule has 1 aromatic rings. The van der Waals surface area contributed by atoms with Gasteiger partial charge in [-0.25, -0.2) is 0 Å². The predicted octanol–water partition coefficient (Wildman–Crippen LogP) is 2.20. The van der Waals surface area contributed by atoms with Crippen molar-refractivity contribution >= 4 is 18.1 Å². The first kappa shape index (κ1) is 10.2. The molecular formula is C10H14ClNO. The van der Waals surface area contributed by atoms with Gasteiger partial charge in [-0.2, -0.15) is 0 Å². The lowest BCUT2D eigenvalue weighted by molar-refractivity contribution is 0.465. The normalized spacial score (nSPS) is 14.7. The summed E-state index contributed by atoms with van der Waals surface area (Å²) in [5, 5.41) is 9.55. The molecule has 0 aliphatic carbocycles. The van der Waals surface area contributed by atoms with Crippen LogP contribution in [0.2, 0.25) is 0 Å². The molecule has 0 unspecified atom stereocenters. The zero-order chi connectivity index (χ0) is 8.55. The van der Waals surface area contributed by atoms with Crippen LogP contribution in [0.5, 0.6) is 5.75 Å². The topological polar surface area (TPSA) is 23.5 Å². The maximum atomic E-state index is 9.55. The highest BCUT2D eigenvalue weighted by Gasteiger charge is 2.15. The molecular weight excluding hydrogens is 186 g/mol. The lowest BCUT2D eigenvalue weighted by Gasteiger charge is -2.27. The Bertz CT molecular complexity index is 301. The van der Waals surface area contributed by atoms with Crippen LogP contribution >= 0.6 is 12.4 Å². The molecule has 0 atom stereocenters. The number of aromatic hydroxyl groups is 1. The number of hydrogen-bond donors (Lipinski definition) is 1. The molecule has 0 radical (unpaired) electrons. The Labute approximate surface area is 84.6 Å². The van der Waals surface area contributed by atoms with E-state index < -0.39 is 0 Å². The SMILES string of the molecule is CN1CCCc2c(O)cccc21.Cl. The van der Waals surface area contributed by atoms with Gasteiger partial charge in [0.25, 0.3) is 0 Å². The summed E-state index contributed by atoms with van der Waals surface area (Å²) in [6.45, 7) is 1.09. The van der Waals surface area contributed by atoms with Crippen molar-refractivity contribution in [1.82, 2.24) is 0 Å². The van der Waals surface area contributed by atoms with Crippen molar-refractivity contribution in [3.05, 3.63) is 23.8 Å². The molecule has 1 aromatic carbocycles. The van der Waals surface area contributed by atoms with E-state index in [2.05, 4.69) is 18.0 Å². The summed E-state index contributed by atoms with van der Waals surface area (Å²) in [5.74, 6) is 0.444. The third-order valence-electron chi connectivity index (χ3n) is 2.46. The first-order chi connectivity index (χ1) is 5.79. The summed E-state index contributed by atoms with van der Waals surface area (Å²) < 4.78 is 0. The molecule has 0 aromatic heterocycles. The predicted molar refractivity (Wildman–Crippen MR) is 56.9 cm³/mol. The van der Waals surface area contributed by atoms with Gasteiger partial charge in [-0.1, -0.05) is 6.07 Å². The summed E-state index contributed by atoms with van der Waals surface area (Å²) >= 11 is 0. The smallest absolute Gasteiger partial charge is 0.120 e. The number of nitrogens with zero attached hydrogens (tertiary/aromatic N) is 1. The van der Waals surface area contributed by atoms with E-state index in [0.29, 0.717) is 5.75 Å². The number of phenolic OH excluding ortho intramolecular Hbond substituents is 1. The van der Waals surface area contributed by atoms with Gasteiger partial charge in [-0.15, -0.1) is 12.4 Å². The van der Waals surface area contributed by atoms with Gasteiger partial charge in [0.1, 0.15) is 5.75 Å². The number of benzene rings is 1. The highest BCUT2D eigenvalue weighted by atomic mass is 35.5. The second-order valence-corrected chi connectivity index (χ2v) is 3.30. The lowest BCUT2D eigenvalue weighted by Crippen LogP contribution is -2.24. The second-order valence-electron chi connectivity index (χ2n) is 3.30. The number of hydrogen-bond acceptors (Lipinski definition) is 2.